The highest BCUT2D eigenvalue weighted by atomic mass is 31.2. The van der Waals surface area contributed by atoms with Crippen molar-refractivity contribution in [1.29, 1.82) is 0 Å². The van der Waals surface area contributed by atoms with Crippen molar-refractivity contribution in [2.75, 3.05) is 14.2 Å². The van der Waals surface area contributed by atoms with Crippen LogP contribution in [-0.2, 0) is 28.0 Å². The first-order valence-electron chi connectivity index (χ1n) is 8.17. The second-order valence-electron chi connectivity index (χ2n) is 6.76. The Morgan fingerprint density at radius 3 is 2.36 bits per heavy atom. The molecule has 25 heavy (non-hydrogen) atoms. The molecule has 2 heterocycles. The molecule has 0 radical (unpaired) electrons. The van der Waals surface area contributed by atoms with Gasteiger partial charge in [0.25, 0.3) is 7.37 Å². The van der Waals surface area contributed by atoms with Gasteiger partial charge in [0.1, 0.15) is 12.2 Å². The average Bonchev–Trinajstić information content (AvgIpc) is 2.94. The first kappa shape index (κ1) is 19.0. The molecule has 1 N–H and O–H groups in total. The summed E-state index contributed by atoms with van der Waals surface area (Å²) in [5, 5.41) is 10.1. The lowest BCUT2D eigenvalue weighted by Gasteiger charge is -2.48. The smallest absolute Gasteiger partial charge is 0.267 e. The molecule has 2 fully saturated rings. The Kier molecular flexibility index (Phi) is 4.88. The van der Waals surface area contributed by atoms with E-state index in [2.05, 4.69) is 0 Å². The van der Waals surface area contributed by atoms with Crippen molar-refractivity contribution in [3.05, 3.63) is 30.3 Å². The van der Waals surface area contributed by atoms with Gasteiger partial charge in [-0.05, 0) is 32.9 Å². The first-order chi connectivity index (χ1) is 11.7. The highest BCUT2D eigenvalue weighted by Crippen LogP contribution is 2.64. The van der Waals surface area contributed by atoms with Gasteiger partial charge in [-0.3, -0.25) is 4.57 Å². The maximum atomic E-state index is 13.9. The number of benzene rings is 1. The third-order valence-electron chi connectivity index (χ3n) is 4.81. The Morgan fingerprint density at radius 1 is 1.16 bits per heavy atom. The zero-order valence-corrected chi connectivity index (χ0v) is 15.9. The van der Waals surface area contributed by atoms with Crippen molar-refractivity contribution < 1.29 is 33.1 Å². The Hall–Kier alpha value is -0.790. The minimum absolute atomic E-state index is 0.387. The monoisotopic (exact) mass is 372 g/mol. The van der Waals surface area contributed by atoms with E-state index < -0.39 is 43.1 Å². The van der Waals surface area contributed by atoms with Crippen LogP contribution in [0.1, 0.15) is 20.8 Å². The number of rotatable bonds is 4. The van der Waals surface area contributed by atoms with Crippen LogP contribution < -0.4 is 5.30 Å². The van der Waals surface area contributed by atoms with Gasteiger partial charge in [-0.2, -0.15) is 0 Å². The van der Waals surface area contributed by atoms with E-state index in [0.717, 1.165) is 0 Å². The maximum absolute atomic E-state index is 13.9. The number of hydrogen-bond acceptors (Lipinski definition) is 7. The van der Waals surface area contributed by atoms with E-state index in [0.29, 0.717) is 5.30 Å². The van der Waals surface area contributed by atoms with Gasteiger partial charge in [0.2, 0.25) is 0 Å². The lowest BCUT2D eigenvalue weighted by molar-refractivity contribution is -0.274. The fourth-order valence-electron chi connectivity index (χ4n) is 3.61. The van der Waals surface area contributed by atoms with Crippen LogP contribution >= 0.6 is 7.37 Å². The SMILES string of the molecule is CO[C@@H]1O[C@@H](C)[C@@](O)(P(=O)(OC)c2ccccc2)[C@H]2OC(C)(C)O[C@@H]12. The number of aliphatic hydroxyl groups is 1. The van der Waals surface area contributed by atoms with Crippen LogP contribution in [0.2, 0.25) is 0 Å². The summed E-state index contributed by atoms with van der Waals surface area (Å²) < 4.78 is 42.3. The van der Waals surface area contributed by atoms with Gasteiger partial charge in [0, 0.05) is 19.5 Å². The van der Waals surface area contributed by atoms with Crippen LogP contribution in [-0.4, -0.2) is 55.1 Å². The summed E-state index contributed by atoms with van der Waals surface area (Å²) in [6.45, 7) is 5.08. The molecule has 2 aliphatic heterocycles. The van der Waals surface area contributed by atoms with Gasteiger partial charge < -0.3 is 28.6 Å². The standard InChI is InChI=1S/C17H25O7P/c1-11-17(18,25(19,21-5)12-9-7-6-8-10-12)14-13(15(20-4)22-11)23-16(2,3)24-14/h6-11,13-15,18H,1-5H3/t11-,13+,14-,15+,17+,25?/m0/s1. The molecule has 6 atom stereocenters. The normalized spacial score (nSPS) is 39.6. The molecule has 1 aromatic carbocycles. The van der Waals surface area contributed by atoms with E-state index >= 15 is 0 Å². The van der Waals surface area contributed by atoms with Gasteiger partial charge >= 0.3 is 0 Å². The van der Waals surface area contributed by atoms with E-state index in [4.69, 9.17) is 23.5 Å². The molecular formula is C17H25O7P. The summed E-state index contributed by atoms with van der Waals surface area (Å²) in [6.07, 6.45) is -3.30. The summed E-state index contributed by atoms with van der Waals surface area (Å²) in [5.41, 5.74) is 0. The largest absolute Gasteiger partial charge is 0.375 e. The molecule has 0 saturated carbocycles. The molecular weight excluding hydrogens is 347 g/mol. The molecule has 3 rings (SSSR count). The zero-order chi connectivity index (χ0) is 18.5. The van der Waals surface area contributed by atoms with Gasteiger partial charge in [-0.1, -0.05) is 18.2 Å². The fraction of sp³-hybridized carbons (Fsp3) is 0.647. The second-order valence-corrected chi connectivity index (χ2v) is 9.46. The van der Waals surface area contributed by atoms with Gasteiger partial charge in [0.15, 0.2) is 17.4 Å². The van der Waals surface area contributed by atoms with Crippen LogP contribution in [0.4, 0.5) is 0 Å². The fourth-order valence-corrected chi connectivity index (χ4v) is 6.16. The van der Waals surface area contributed by atoms with Crippen molar-refractivity contribution in [2.24, 2.45) is 0 Å². The van der Waals surface area contributed by atoms with Crippen molar-refractivity contribution in [1.82, 2.24) is 0 Å². The van der Waals surface area contributed by atoms with Crippen LogP contribution in [0.25, 0.3) is 0 Å². The van der Waals surface area contributed by atoms with Crippen LogP contribution in [0.5, 0.6) is 0 Å². The van der Waals surface area contributed by atoms with Gasteiger partial charge in [-0.25, -0.2) is 0 Å². The van der Waals surface area contributed by atoms with E-state index in [9.17, 15) is 9.67 Å². The lowest BCUT2D eigenvalue weighted by Crippen LogP contribution is -2.65. The molecule has 1 unspecified atom stereocenters. The lowest BCUT2D eigenvalue weighted by atomic mass is 9.99. The number of ether oxygens (including phenoxy) is 4. The highest BCUT2D eigenvalue weighted by molar-refractivity contribution is 7.68. The summed E-state index contributed by atoms with van der Waals surface area (Å²) in [4.78, 5) is 0. The predicted molar refractivity (Wildman–Crippen MR) is 90.8 cm³/mol. The predicted octanol–water partition coefficient (Wildman–Crippen LogP) is 1.84. The summed E-state index contributed by atoms with van der Waals surface area (Å²) in [5.74, 6) is -0.983. The Morgan fingerprint density at radius 2 is 1.80 bits per heavy atom. The molecule has 0 spiro atoms. The third kappa shape index (κ3) is 2.79. The van der Waals surface area contributed by atoms with E-state index in [1.54, 1.807) is 51.1 Å². The molecule has 140 valence electrons. The van der Waals surface area contributed by atoms with E-state index in [1.165, 1.54) is 14.2 Å². The number of hydrogen-bond donors (Lipinski definition) is 1. The first-order valence-corrected chi connectivity index (χ1v) is 9.80. The average molecular weight is 372 g/mol. The quantitative estimate of drug-likeness (QED) is 0.808. The Labute approximate surface area is 147 Å². The molecule has 0 amide bonds. The van der Waals surface area contributed by atoms with E-state index in [1.807, 2.05) is 0 Å². The number of methoxy groups -OCH3 is 1. The topological polar surface area (TPSA) is 83.5 Å². The minimum atomic E-state index is -3.79. The molecule has 0 aliphatic carbocycles. The summed E-state index contributed by atoms with van der Waals surface area (Å²) >= 11 is 0. The molecule has 1 aromatic rings. The maximum Gasteiger partial charge on any atom is 0.267 e. The molecule has 7 nitrogen and oxygen atoms in total. The van der Waals surface area contributed by atoms with Crippen molar-refractivity contribution >= 4 is 12.7 Å². The Balaban J connectivity index is 2.13. The summed E-state index contributed by atoms with van der Waals surface area (Å²) in [7, 11) is -0.986. The highest BCUT2D eigenvalue weighted by Gasteiger charge is 2.69. The summed E-state index contributed by atoms with van der Waals surface area (Å²) in [6, 6.07) is 8.60. The van der Waals surface area contributed by atoms with Crippen LogP contribution in [0, 0.1) is 0 Å². The molecule has 0 aromatic heterocycles. The Bertz CT molecular complexity index is 664. The zero-order valence-electron chi connectivity index (χ0n) is 15.0. The second kappa shape index (κ2) is 6.43. The molecule has 0 bridgehead atoms. The van der Waals surface area contributed by atoms with Gasteiger partial charge in [0.05, 0.1) is 6.10 Å². The van der Waals surface area contributed by atoms with Crippen molar-refractivity contribution in [3.8, 4) is 0 Å². The molecule has 8 heteroatoms. The number of fused-ring (bicyclic) bond motifs is 1. The van der Waals surface area contributed by atoms with Crippen molar-refractivity contribution in [2.45, 2.75) is 56.5 Å². The van der Waals surface area contributed by atoms with Crippen LogP contribution in [0.3, 0.4) is 0 Å². The van der Waals surface area contributed by atoms with Crippen molar-refractivity contribution in [3.63, 3.8) is 0 Å². The third-order valence-corrected chi connectivity index (χ3v) is 7.86. The molecule has 2 saturated heterocycles. The minimum Gasteiger partial charge on any atom is -0.375 e. The van der Waals surface area contributed by atoms with Crippen LogP contribution in [0.15, 0.2) is 30.3 Å². The van der Waals surface area contributed by atoms with Gasteiger partial charge in [-0.15, -0.1) is 0 Å². The molecule has 2 aliphatic rings. The van der Waals surface area contributed by atoms with E-state index in [-0.39, 0.29) is 0 Å².